The highest BCUT2D eigenvalue weighted by atomic mass is 16.4. The standard InChI is InChI=1S/C10H18N2O3/c1-7(8(13)14)11-9(15)12-6-4-5-10(12,2)3/h7H,4-6H2,1-3H3,(H,11,15)(H,13,14). The van der Waals surface area contributed by atoms with Crippen molar-refractivity contribution in [3.63, 3.8) is 0 Å². The van der Waals surface area contributed by atoms with Gasteiger partial charge in [-0.2, -0.15) is 0 Å². The van der Waals surface area contributed by atoms with Crippen LogP contribution in [-0.4, -0.2) is 40.1 Å². The summed E-state index contributed by atoms with van der Waals surface area (Å²) in [6.07, 6.45) is 1.93. The minimum Gasteiger partial charge on any atom is -0.480 e. The van der Waals surface area contributed by atoms with Gasteiger partial charge in [-0.25, -0.2) is 4.79 Å². The Labute approximate surface area is 89.4 Å². The summed E-state index contributed by atoms with van der Waals surface area (Å²) in [4.78, 5) is 24.0. The van der Waals surface area contributed by atoms with E-state index in [1.807, 2.05) is 13.8 Å². The molecule has 1 saturated heterocycles. The summed E-state index contributed by atoms with van der Waals surface area (Å²) in [5.41, 5.74) is -0.164. The van der Waals surface area contributed by atoms with Crippen LogP contribution in [-0.2, 0) is 4.79 Å². The number of hydrogen-bond donors (Lipinski definition) is 2. The number of hydrogen-bond acceptors (Lipinski definition) is 2. The van der Waals surface area contributed by atoms with E-state index in [9.17, 15) is 9.59 Å². The monoisotopic (exact) mass is 214 g/mol. The van der Waals surface area contributed by atoms with Gasteiger partial charge in [0.15, 0.2) is 0 Å². The van der Waals surface area contributed by atoms with Gasteiger partial charge < -0.3 is 15.3 Å². The molecule has 0 bridgehead atoms. The van der Waals surface area contributed by atoms with Crippen molar-refractivity contribution < 1.29 is 14.7 Å². The molecule has 1 atom stereocenters. The number of aliphatic carboxylic acids is 1. The number of carbonyl (C=O) groups excluding carboxylic acids is 1. The molecular formula is C10H18N2O3. The Hall–Kier alpha value is -1.26. The van der Waals surface area contributed by atoms with Crippen molar-refractivity contribution in [1.82, 2.24) is 10.2 Å². The molecule has 5 heteroatoms. The Morgan fingerprint density at radius 1 is 1.47 bits per heavy atom. The average molecular weight is 214 g/mol. The van der Waals surface area contributed by atoms with Gasteiger partial charge in [-0.05, 0) is 33.6 Å². The number of carboxylic acid groups (broad SMARTS) is 1. The van der Waals surface area contributed by atoms with Crippen LogP contribution in [0.15, 0.2) is 0 Å². The van der Waals surface area contributed by atoms with E-state index in [2.05, 4.69) is 5.32 Å². The molecule has 1 aliphatic heterocycles. The van der Waals surface area contributed by atoms with Gasteiger partial charge in [0.2, 0.25) is 0 Å². The zero-order valence-corrected chi connectivity index (χ0v) is 9.41. The lowest BCUT2D eigenvalue weighted by atomic mass is 10.0. The predicted molar refractivity (Wildman–Crippen MR) is 55.6 cm³/mol. The normalized spacial score (nSPS) is 21.1. The highest BCUT2D eigenvalue weighted by molar-refractivity contribution is 5.82. The fraction of sp³-hybridized carbons (Fsp3) is 0.800. The van der Waals surface area contributed by atoms with E-state index >= 15 is 0 Å². The molecule has 2 amide bonds. The molecule has 1 fully saturated rings. The molecule has 0 radical (unpaired) electrons. The van der Waals surface area contributed by atoms with E-state index < -0.39 is 12.0 Å². The lowest BCUT2D eigenvalue weighted by Crippen LogP contribution is -2.51. The van der Waals surface area contributed by atoms with E-state index in [0.29, 0.717) is 6.54 Å². The second kappa shape index (κ2) is 4.08. The quantitative estimate of drug-likeness (QED) is 0.721. The Morgan fingerprint density at radius 3 is 2.47 bits per heavy atom. The Morgan fingerprint density at radius 2 is 2.07 bits per heavy atom. The molecule has 1 unspecified atom stereocenters. The molecule has 0 saturated carbocycles. The minimum atomic E-state index is -1.01. The smallest absolute Gasteiger partial charge is 0.325 e. The van der Waals surface area contributed by atoms with Crippen LogP contribution in [0.2, 0.25) is 0 Å². The molecule has 0 aromatic heterocycles. The fourth-order valence-corrected chi connectivity index (χ4v) is 1.81. The molecule has 86 valence electrons. The van der Waals surface area contributed by atoms with Crippen LogP contribution in [0, 0.1) is 0 Å². The van der Waals surface area contributed by atoms with Crippen LogP contribution >= 0.6 is 0 Å². The summed E-state index contributed by atoms with van der Waals surface area (Å²) >= 11 is 0. The van der Waals surface area contributed by atoms with Crippen LogP contribution < -0.4 is 5.32 Å². The van der Waals surface area contributed by atoms with E-state index in [0.717, 1.165) is 12.8 Å². The molecule has 1 heterocycles. The topological polar surface area (TPSA) is 69.6 Å². The summed E-state index contributed by atoms with van der Waals surface area (Å²) in [5, 5.41) is 11.1. The maximum atomic E-state index is 11.7. The number of urea groups is 1. The van der Waals surface area contributed by atoms with E-state index in [4.69, 9.17) is 5.11 Å². The molecular weight excluding hydrogens is 196 g/mol. The molecule has 15 heavy (non-hydrogen) atoms. The third-order valence-corrected chi connectivity index (χ3v) is 2.86. The first-order valence-corrected chi connectivity index (χ1v) is 5.15. The maximum absolute atomic E-state index is 11.7. The lowest BCUT2D eigenvalue weighted by molar-refractivity contribution is -0.138. The van der Waals surface area contributed by atoms with Gasteiger partial charge in [-0.3, -0.25) is 4.79 Å². The molecule has 2 N–H and O–H groups in total. The third-order valence-electron chi connectivity index (χ3n) is 2.86. The van der Waals surface area contributed by atoms with Crippen molar-refractivity contribution in [2.45, 2.75) is 45.2 Å². The van der Waals surface area contributed by atoms with Gasteiger partial charge in [0.1, 0.15) is 6.04 Å². The zero-order valence-electron chi connectivity index (χ0n) is 9.41. The largest absolute Gasteiger partial charge is 0.480 e. The first-order chi connectivity index (χ1) is 6.84. The second-order valence-corrected chi connectivity index (χ2v) is 4.58. The van der Waals surface area contributed by atoms with Crippen LogP contribution in [0.4, 0.5) is 4.79 Å². The average Bonchev–Trinajstić information content (AvgIpc) is 2.44. The van der Waals surface area contributed by atoms with Crippen molar-refractivity contribution in [2.24, 2.45) is 0 Å². The number of likely N-dealkylation sites (tertiary alicyclic amines) is 1. The van der Waals surface area contributed by atoms with Gasteiger partial charge in [0, 0.05) is 12.1 Å². The van der Waals surface area contributed by atoms with Crippen molar-refractivity contribution in [1.29, 1.82) is 0 Å². The van der Waals surface area contributed by atoms with Gasteiger partial charge in [-0.15, -0.1) is 0 Å². The first kappa shape index (κ1) is 11.8. The number of rotatable bonds is 2. The van der Waals surface area contributed by atoms with Crippen molar-refractivity contribution in [3.05, 3.63) is 0 Å². The van der Waals surface area contributed by atoms with Gasteiger partial charge >= 0.3 is 12.0 Å². The Balaban J connectivity index is 2.58. The molecule has 0 spiro atoms. The maximum Gasteiger partial charge on any atom is 0.325 e. The molecule has 0 aromatic carbocycles. The van der Waals surface area contributed by atoms with Crippen LogP contribution in [0.25, 0.3) is 0 Å². The predicted octanol–water partition coefficient (Wildman–Crippen LogP) is 1.04. The summed E-state index contributed by atoms with van der Waals surface area (Å²) in [7, 11) is 0. The highest BCUT2D eigenvalue weighted by Crippen LogP contribution is 2.27. The number of nitrogens with zero attached hydrogens (tertiary/aromatic N) is 1. The Bertz CT molecular complexity index is 276. The molecule has 5 nitrogen and oxygen atoms in total. The number of carboxylic acids is 1. The number of amides is 2. The zero-order chi connectivity index (χ0) is 11.6. The van der Waals surface area contributed by atoms with E-state index in [-0.39, 0.29) is 11.6 Å². The van der Waals surface area contributed by atoms with Gasteiger partial charge in [0.05, 0.1) is 0 Å². The lowest BCUT2D eigenvalue weighted by Gasteiger charge is -2.32. The molecule has 1 rings (SSSR count). The number of carbonyl (C=O) groups is 2. The molecule has 0 aliphatic carbocycles. The van der Waals surface area contributed by atoms with Crippen LogP contribution in [0.1, 0.15) is 33.6 Å². The van der Waals surface area contributed by atoms with Gasteiger partial charge in [-0.1, -0.05) is 0 Å². The van der Waals surface area contributed by atoms with Gasteiger partial charge in [0.25, 0.3) is 0 Å². The van der Waals surface area contributed by atoms with Crippen LogP contribution in [0.5, 0.6) is 0 Å². The second-order valence-electron chi connectivity index (χ2n) is 4.58. The first-order valence-electron chi connectivity index (χ1n) is 5.15. The molecule has 1 aliphatic rings. The fourth-order valence-electron chi connectivity index (χ4n) is 1.81. The summed E-state index contributed by atoms with van der Waals surface area (Å²) < 4.78 is 0. The van der Waals surface area contributed by atoms with Crippen LogP contribution in [0.3, 0.4) is 0 Å². The third kappa shape index (κ3) is 2.61. The summed E-state index contributed by atoms with van der Waals surface area (Å²) in [6, 6.07) is -1.12. The van der Waals surface area contributed by atoms with E-state index in [1.54, 1.807) is 4.90 Å². The summed E-state index contributed by atoms with van der Waals surface area (Å²) in [6.45, 7) is 6.14. The van der Waals surface area contributed by atoms with Crippen molar-refractivity contribution in [2.75, 3.05) is 6.54 Å². The minimum absolute atomic E-state index is 0.164. The summed E-state index contributed by atoms with van der Waals surface area (Å²) in [5.74, 6) is -1.01. The van der Waals surface area contributed by atoms with E-state index in [1.165, 1.54) is 6.92 Å². The highest BCUT2D eigenvalue weighted by Gasteiger charge is 2.36. The Kier molecular flexibility index (Phi) is 3.21. The van der Waals surface area contributed by atoms with Crippen molar-refractivity contribution >= 4 is 12.0 Å². The molecule has 0 aromatic rings. The SMILES string of the molecule is CC(NC(=O)N1CCCC1(C)C)C(=O)O. The number of nitrogens with one attached hydrogen (secondary N) is 1. The van der Waals surface area contributed by atoms with Crippen molar-refractivity contribution in [3.8, 4) is 0 Å².